The fourth-order valence-electron chi connectivity index (χ4n) is 1.96. The van der Waals surface area contributed by atoms with Gasteiger partial charge in [0.15, 0.2) is 28.8 Å². The zero-order chi connectivity index (χ0) is 16.1. The summed E-state index contributed by atoms with van der Waals surface area (Å²) in [5, 5.41) is 40.1. The van der Waals surface area contributed by atoms with Crippen molar-refractivity contribution in [2.75, 3.05) is 13.1 Å². The number of carbonyl (C=O) groups is 1. The molecule has 0 aliphatic carbocycles. The van der Waals surface area contributed by atoms with Crippen LogP contribution in [0.1, 0.15) is 15.9 Å². The Morgan fingerprint density at radius 2 is 1.50 bits per heavy atom. The van der Waals surface area contributed by atoms with Crippen LogP contribution in [0.5, 0.6) is 23.0 Å². The first-order valence-electron chi connectivity index (χ1n) is 6.74. The monoisotopic (exact) mass is 303 g/mol. The molecule has 0 aromatic heterocycles. The molecule has 22 heavy (non-hydrogen) atoms. The maximum Gasteiger partial charge on any atom is 0.176 e. The molecule has 6 heteroatoms. The number of ketones is 1. The van der Waals surface area contributed by atoms with Gasteiger partial charge in [-0.3, -0.25) is 4.79 Å². The Bertz CT molecular complexity index is 684. The minimum atomic E-state index is -0.328. The van der Waals surface area contributed by atoms with E-state index in [2.05, 4.69) is 5.32 Å². The fraction of sp³-hybridized carbons (Fsp3) is 0.188. The summed E-state index contributed by atoms with van der Waals surface area (Å²) < 4.78 is 0. The molecule has 2 aromatic carbocycles. The van der Waals surface area contributed by atoms with Crippen LogP contribution in [-0.2, 0) is 6.42 Å². The van der Waals surface area contributed by atoms with Crippen molar-refractivity contribution in [3.63, 3.8) is 0 Å². The number of phenolic OH excluding ortho intramolecular Hbond substituents is 4. The maximum absolute atomic E-state index is 11.9. The largest absolute Gasteiger partial charge is 0.504 e. The summed E-state index contributed by atoms with van der Waals surface area (Å²) in [5.41, 5.74) is 1.14. The number of aromatic hydroxyl groups is 4. The van der Waals surface area contributed by atoms with Gasteiger partial charge in [0.2, 0.25) is 0 Å². The average Bonchev–Trinajstić information content (AvgIpc) is 2.49. The number of benzene rings is 2. The quantitative estimate of drug-likeness (QED) is 0.314. The van der Waals surface area contributed by atoms with Gasteiger partial charge in [-0.15, -0.1) is 0 Å². The highest BCUT2D eigenvalue weighted by Gasteiger charge is 2.08. The Labute approximate surface area is 127 Å². The molecule has 0 spiro atoms. The van der Waals surface area contributed by atoms with Crippen molar-refractivity contribution >= 4 is 5.78 Å². The first-order chi connectivity index (χ1) is 10.5. The first kappa shape index (κ1) is 15.7. The summed E-state index contributed by atoms with van der Waals surface area (Å²) in [6.07, 6.45) is 0.585. The second kappa shape index (κ2) is 6.82. The number of hydrogen-bond donors (Lipinski definition) is 5. The van der Waals surface area contributed by atoms with Gasteiger partial charge >= 0.3 is 0 Å². The number of Topliss-reactive ketones (excluding diaryl/α,β-unsaturated/α-hetero) is 1. The predicted molar refractivity (Wildman–Crippen MR) is 80.4 cm³/mol. The molecule has 0 saturated heterocycles. The Morgan fingerprint density at radius 3 is 2.14 bits per heavy atom. The minimum absolute atomic E-state index is 0.0915. The average molecular weight is 303 g/mol. The molecule has 2 aromatic rings. The van der Waals surface area contributed by atoms with E-state index in [-0.39, 0.29) is 35.3 Å². The molecule has 0 fully saturated rings. The van der Waals surface area contributed by atoms with E-state index < -0.39 is 0 Å². The summed E-state index contributed by atoms with van der Waals surface area (Å²) in [6, 6.07) is 8.50. The molecule has 0 saturated carbocycles. The van der Waals surface area contributed by atoms with Crippen molar-refractivity contribution in [1.82, 2.24) is 5.32 Å². The topological polar surface area (TPSA) is 110 Å². The molecule has 6 nitrogen and oxygen atoms in total. The maximum atomic E-state index is 11.9. The lowest BCUT2D eigenvalue weighted by molar-refractivity contribution is 0.0991. The Hall–Kier alpha value is -2.73. The molecule has 0 unspecified atom stereocenters. The number of phenols is 4. The van der Waals surface area contributed by atoms with Gasteiger partial charge in [0.1, 0.15) is 0 Å². The lowest BCUT2D eigenvalue weighted by atomic mass is 10.1. The first-order valence-corrected chi connectivity index (χ1v) is 6.74. The van der Waals surface area contributed by atoms with Gasteiger partial charge in [-0.25, -0.2) is 0 Å². The van der Waals surface area contributed by atoms with Gasteiger partial charge < -0.3 is 25.7 Å². The van der Waals surface area contributed by atoms with Crippen molar-refractivity contribution < 1.29 is 25.2 Å². The molecule has 0 atom stereocenters. The molecular weight excluding hydrogens is 286 g/mol. The Kier molecular flexibility index (Phi) is 4.85. The van der Waals surface area contributed by atoms with Crippen LogP contribution in [0, 0.1) is 0 Å². The SMILES string of the molecule is O=C(CNCCc1ccc(O)c(O)c1)c1ccc(O)c(O)c1. The van der Waals surface area contributed by atoms with E-state index >= 15 is 0 Å². The van der Waals surface area contributed by atoms with Crippen LogP contribution in [-0.4, -0.2) is 39.3 Å². The van der Waals surface area contributed by atoms with Crippen LogP contribution in [0.4, 0.5) is 0 Å². The second-order valence-corrected chi connectivity index (χ2v) is 4.88. The molecule has 0 radical (unpaired) electrons. The summed E-state index contributed by atoms with van der Waals surface area (Å²) in [6.45, 7) is 0.605. The van der Waals surface area contributed by atoms with Gasteiger partial charge in [0.05, 0.1) is 6.54 Å². The molecule has 116 valence electrons. The van der Waals surface area contributed by atoms with Crippen LogP contribution in [0.3, 0.4) is 0 Å². The standard InChI is InChI=1S/C16H17NO5/c18-12-3-1-10(7-14(12)20)5-6-17-9-16(22)11-2-4-13(19)15(21)8-11/h1-4,7-8,17-21H,5-6,9H2. The Balaban J connectivity index is 1.81. The van der Waals surface area contributed by atoms with Crippen LogP contribution in [0.2, 0.25) is 0 Å². The van der Waals surface area contributed by atoms with Crippen molar-refractivity contribution in [2.24, 2.45) is 0 Å². The molecule has 2 rings (SSSR count). The number of nitrogens with one attached hydrogen (secondary N) is 1. The zero-order valence-electron chi connectivity index (χ0n) is 11.8. The minimum Gasteiger partial charge on any atom is -0.504 e. The van der Waals surface area contributed by atoms with Crippen LogP contribution in [0.25, 0.3) is 0 Å². The van der Waals surface area contributed by atoms with Crippen molar-refractivity contribution in [2.45, 2.75) is 6.42 Å². The highest BCUT2D eigenvalue weighted by molar-refractivity contribution is 5.98. The third-order valence-corrected chi connectivity index (χ3v) is 3.21. The van der Waals surface area contributed by atoms with Gasteiger partial charge in [-0.05, 0) is 48.9 Å². The number of hydrogen-bond acceptors (Lipinski definition) is 6. The number of carbonyl (C=O) groups excluding carboxylic acids is 1. The fourth-order valence-corrected chi connectivity index (χ4v) is 1.96. The summed E-state index contributed by atoms with van der Waals surface area (Å²) in [5.74, 6) is -1.14. The van der Waals surface area contributed by atoms with Crippen molar-refractivity contribution in [3.8, 4) is 23.0 Å². The molecule has 5 N–H and O–H groups in total. The van der Waals surface area contributed by atoms with Gasteiger partial charge in [0, 0.05) is 5.56 Å². The molecule has 0 aliphatic heterocycles. The Morgan fingerprint density at radius 1 is 0.864 bits per heavy atom. The third kappa shape index (κ3) is 3.89. The van der Waals surface area contributed by atoms with Gasteiger partial charge in [-0.2, -0.15) is 0 Å². The van der Waals surface area contributed by atoms with E-state index in [4.69, 9.17) is 0 Å². The van der Waals surface area contributed by atoms with Crippen LogP contribution < -0.4 is 5.32 Å². The highest BCUT2D eigenvalue weighted by Crippen LogP contribution is 2.25. The predicted octanol–water partition coefficient (Wildman–Crippen LogP) is 1.52. The summed E-state index contributed by atoms with van der Waals surface area (Å²) in [7, 11) is 0. The van der Waals surface area contributed by atoms with E-state index in [1.165, 1.54) is 30.3 Å². The number of rotatable bonds is 6. The van der Waals surface area contributed by atoms with Crippen LogP contribution in [0.15, 0.2) is 36.4 Å². The lowest BCUT2D eigenvalue weighted by Gasteiger charge is -2.06. The smallest absolute Gasteiger partial charge is 0.176 e. The van der Waals surface area contributed by atoms with Crippen LogP contribution >= 0.6 is 0 Å². The van der Waals surface area contributed by atoms with Gasteiger partial charge in [-0.1, -0.05) is 6.07 Å². The summed E-state index contributed by atoms with van der Waals surface area (Å²) in [4.78, 5) is 11.9. The zero-order valence-corrected chi connectivity index (χ0v) is 11.8. The molecule has 0 aliphatic rings. The van der Waals surface area contributed by atoms with E-state index in [1.54, 1.807) is 6.07 Å². The van der Waals surface area contributed by atoms with E-state index in [0.717, 1.165) is 5.56 Å². The van der Waals surface area contributed by atoms with Crippen molar-refractivity contribution in [1.29, 1.82) is 0 Å². The highest BCUT2D eigenvalue weighted by atomic mass is 16.3. The third-order valence-electron chi connectivity index (χ3n) is 3.21. The normalized spacial score (nSPS) is 10.5. The second-order valence-electron chi connectivity index (χ2n) is 4.88. The lowest BCUT2D eigenvalue weighted by Crippen LogP contribution is -2.25. The van der Waals surface area contributed by atoms with Crippen molar-refractivity contribution in [3.05, 3.63) is 47.5 Å². The molecule has 0 amide bonds. The van der Waals surface area contributed by atoms with E-state index in [1.807, 2.05) is 0 Å². The summed E-state index contributed by atoms with van der Waals surface area (Å²) >= 11 is 0. The van der Waals surface area contributed by atoms with E-state index in [0.29, 0.717) is 18.5 Å². The van der Waals surface area contributed by atoms with Gasteiger partial charge in [0.25, 0.3) is 0 Å². The molecule has 0 heterocycles. The van der Waals surface area contributed by atoms with E-state index in [9.17, 15) is 25.2 Å². The molecular formula is C16H17NO5. The molecule has 0 bridgehead atoms.